The number of amides is 7. The van der Waals surface area contributed by atoms with Crippen molar-refractivity contribution in [1.29, 1.82) is 0 Å². The molecule has 0 heterocycles. The molecule has 0 spiro atoms. The summed E-state index contributed by atoms with van der Waals surface area (Å²) in [5.41, 5.74) is 12.4. The first kappa shape index (κ1) is 114. The van der Waals surface area contributed by atoms with E-state index >= 15 is 0 Å². The van der Waals surface area contributed by atoms with Crippen LogP contribution in [0.2, 0.25) is 5.02 Å². The lowest BCUT2D eigenvalue weighted by molar-refractivity contribution is -0.139. The molecule has 0 saturated carbocycles. The number of hydrogen-bond acceptors (Lipinski definition) is 21. The van der Waals surface area contributed by atoms with Crippen LogP contribution in [0.25, 0.3) is 0 Å². The number of carbonyl (C=O) groups is 7. The number of aliphatic hydroxyl groups is 7. The summed E-state index contributed by atoms with van der Waals surface area (Å²) in [7, 11) is 0. The second kappa shape index (κ2) is 50.5. The second-order valence-corrected chi connectivity index (χ2v) is 33.5. The Bertz CT molecular complexity index is 4550. The molecule has 0 saturated heterocycles. The Hall–Kier alpha value is -10.1. The van der Waals surface area contributed by atoms with E-state index in [1.54, 1.807) is 98.7 Å². The van der Waals surface area contributed by atoms with Crippen LogP contribution in [0.1, 0.15) is 231 Å². The Morgan fingerprint density at radius 1 is 0.302 bits per heavy atom. The van der Waals surface area contributed by atoms with Crippen LogP contribution in [0.15, 0.2) is 121 Å². The largest absolute Gasteiger partial charge is 0.417 e. The van der Waals surface area contributed by atoms with E-state index in [9.17, 15) is 83.3 Å². The van der Waals surface area contributed by atoms with Gasteiger partial charge in [0.15, 0.2) is 0 Å². The van der Waals surface area contributed by atoms with Crippen molar-refractivity contribution in [1.82, 2.24) is 38.4 Å². The Morgan fingerprint density at radius 2 is 0.532 bits per heavy atom. The Balaban J connectivity index is 0.000000736. The molecule has 700 valence electrons. The molecule has 0 atom stereocenters. The van der Waals surface area contributed by atoms with E-state index in [1.165, 1.54) is 86.6 Å². The van der Waals surface area contributed by atoms with Gasteiger partial charge in [-0.1, -0.05) is 82.4 Å². The van der Waals surface area contributed by atoms with Crippen molar-refractivity contribution in [2.75, 3.05) is 46.2 Å². The van der Waals surface area contributed by atoms with Gasteiger partial charge in [-0.3, -0.25) is 67.4 Å². The third-order valence-corrected chi connectivity index (χ3v) is 16.4. The van der Waals surface area contributed by atoms with Crippen LogP contribution >= 0.6 is 11.6 Å². The Labute approximate surface area is 731 Å². The lowest BCUT2D eigenvalue weighted by Crippen LogP contribution is -2.39. The summed E-state index contributed by atoms with van der Waals surface area (Å²) < 4.78 is 117. The number of aryl methyl sites for hydroxylation is 9. The molecule has 0 radical (unpaired) electrons. The summed E-state index contributed by atoms with van der Waals surface area (Å²) in [4.78, 5) is 116. The summed E-state index contributed by atoms with van der Waals surface area (Å²) in [6.07, 6.45) is -9.26. The van der Waals surface area contributed by atoms with Crippen LogP contribution in [-0.2, 0) is 46.2 Å². The Morgan fingerprint density at radius 3 is 0.817 bits per heavy atom. The average Bonchev–Trinajstić information content (AvgIpc) is 0.816. The van der Waals surface area contributed by atoms with Crippen molar-refractivity contribution in [2.45, 2.75) is 211 Å². The minimum Gasteiger partial charge on any atom is -0.393 e. The van der Waals surface area contributed by atoms with Crippen LogP contribution in [0.5, 0.6) is 0 Å². The fourth-order valence-electron chi connectivity index (χ4n) is 8.86. The highest BCUT2D eigenvalue weighted by atomic mass is 35.5. The van der Waals surface area contributed by atoms with Crippen LogP contribution in [-0.4, -0.2) is 163 Å². The lowest BCUT2D eigenvalue weighted by Gasteiger charge is -2.22. The molecule has 7 rings (SSSR count). The average molecular weight is 1820 g/mol. The van der Waals surface area contributed by atoms with Crippen molar-refractivity contribution < 1.29 is 143 Å². The van der Waals surface area contributed by atoms with Gasteiger partial charge in [0.1, 0.15) is 64.2 Å². The lowest BCUT2D eigenvalue weighted by atomic mass is 10.0. The fraction of sp³-hybridized carbons (Fsp3) is 0.443. The van der Waals surface area contributed by atoms with E-state index in [0.717, 1.165) is 69.8 Å². The number of hydrogen-bond donors (Lipinski definition) is 14. The molecule has 0 aromatic heterocycles. The number of benzene rings is 7. The number of alkyl halides is 6. The van der Waals surface area contributed by atoms with Gasteiger partial charge in [-0.25, -0.2) is 51.5 Å². The number of carbonyl (C=O) groups excluding carboxylic acids is 7. The van der Waals surface area contributed by atoms with Gasteiger partial charge in [-0.05, 0) is 260 Å². The van der Waals surface area contributed by atoms with E-state index in [0.29, 0.717) is 38.4 Å². The highest BCUT2D eigenvalue weighted by Crippen LogP contribution is 2.35. The molecule has 7 aromatic rings. The van der Waals surface area contributed by atoms with Crippen LogP contribution in [0.4, 0.5) is 39.5 Å². The molecule has 0 aliphatic rings. The van der Waals surface area contributed by atoms with Gasteiger partial charge >= 0.3 is 12.4 Å². The smallest absolute Gasteiger partial charge is 0.393 e. The number of rotatable bonds is 28. The number of hydroxylamine groups is 7. The molecular formula is C88H117ClF9N7O21. The van der Waals surface area contributed by atoms with Gasteiger partial charge in [0.2, 0.25) is 0 Å². The van der Waals surface area contributed by atoms with Gasteiger partial charge in [-0.15, -0.1) is 0 Å². The van der Waals surface area contributed by atoms with E-state index in [2.05, 4.69) is 21.9 Å². The molecule has 126 heavy (non-hydrogen) atoms. The monoisotopic (exact) mass is 1810 g/mol. The molecule has 0 fully saturated rings. The maximum Gasteiger partial charge on any atom is 0.417 e. The molecule has 0 aliphatic carbocycles. The van der Waals surface area contributed by atoms with Gasteiger partial charge in [0, 0.05) is 11.1 Å². The molecule has 0 unspecified atom stereocenters. The third-order valence-electron chi connectivity index (χ3n) is 16.0. The minimum absolute atomic E-state index is 0.0453. The molecule has 28 nitrogen and oxygen atoms in total. The molecule has 7 aromatic carbocycles. The highest BCUT2D eigenvalue weighted by Gasteiger charge is 2.38. The van der Waals surface area contributed by atoms with Gasteiger partial charge in [0.05, 0.1) is 82.6 Å². The fourth-order valence-corrected chi connectivity index (χ4v) is 9.19. The SMILES string of the molecule is Cc1cc(F)c(C(=O)NOC(C)(C)CO)c(F)c1.Cc1ccc(C(=O)NOC(C)(C)CO)c(C(F)(F)F)c1.Cc1ccc(C(=O)NOC(C)(C)CO)c(C)c1.Cc1ccc(C(=O)NOC(C)(C)CO)c(Cl)c1.Cc1ccc(C(=O)NOC(C)(C)CO)c(F)c1.Cc1ccc(C(=O)NOCC(C)(C)O)c(C(F)(F)F)c1.Cc1ccc(C(=O)NOCC(C)(C)O)c(C)c1. The van der Waals surface area contributed by atoms with E-state index in [4.69, 9.17) is 71.0 Å². The maximum atomic E-state index is 13.5. The molecular weight excluding hydrogens is 1700 g/mol. The zero-order valence-electron chi connectivity index (χ0n) is 74.6. The zero-order valence-corrected chi connectivity index (χ0v) is 75.4. The number of halogens is 10. The van der Waals surface area contributed by atoms with Crippen molar-refractivity contribution in [3.63, 3.8) is 0 Å². The van der Waals surface area contributed by atoms with Crippen molar-refractivity contribution >= 4 is 53.0 Å². The summed E-state index contributed by atoms with van der Waals surface area (Å²) in [6.45, 7) is 36.2. The second-order valence-electron chi connectivity index (χ2n) is 33.1. The summed E-state index contributed by atoms with van der Waals surface area (Å²) >= 11 is 5.94. The topological polar surface area (TPSA) is 410 Å². The van der Waals surface area contributed by atoms with Crippen molar-refractivity contribution in [3.8, 4) is 0 Å². The third kappa shape index (κ3) is 43.4. The molecule has 38 heteroatoms. The van der Waals surface area contributed by atoms with Crippen LogP contribution in [0, 0.1) is 79.8 Å². The van der Waals surface area contributed by atoms with Crippen molar-refractivity contribution in [3.05, 3.63) is 244 Å². The van der Waals surface area contributed by atoms with Crippen LogP contribution in [0.3, 0.4) is 0 Å². The molecule has 14 N–H and O–H groups in total. The van der Waals surface area contributed by atoms with Crippen LogP contribution < -0.4 is 38.4 Å². The first-order valence-corrected chi connectivity index (χ1v) is 38.8. The van der Waals surface area contributed by atoms with Gasteiger partial charge < -0.3 is 35.7 Å². The first-order valence-electron chi connectivity index (χ1n) is 38.4. The zero-order chi connectivity index (χ0) is 97.2. The van der Waals surface area contributed by atoms with E-state index < -0.39 is 133 Å². The molecule has 0 aliphatic heterocycles. The predicted molar refractivity (Wildman–Crippen MR) is 451 cm³/mol. The van der Waals surface area contributed by atoms with E-state index in [1.807, 2.05) is 75.3 Å². The first-order chi connectivity index (χ1) is 57.7. The highest BCUT2D eigenvalue weighted by molar-refractivity contribution is 6.33. The molecule has 0 bridgehead atoms. The summed E-state index contributed by atoms with van der Waals surface area (Å²) in [5, 5.41) is 63.9. The Kier molecular flexibility index (Phi) is 45.6. The quantitative estimate of drug-likeness (QED) is 0.0160. The number of nitrogens with one attached hydrogen (secondary N) is 7. The minimum atomic E-state index is -4.63. The number of aliphatic hydroxyl groups excluding tert-OH is 5. The van der Waals surface area contributed by atoms with E-state index in [-0.39, 0.29) is 57.0 Å². The summed E-state index contributed by atoms with van der Waals surface area (Å²) in [6, 6.07) is 29.4. The maximum absolute atomic E-state index is 13.5. The predicted octanol–water partition coefficient (Wildman–Crippen LogP) is 13.7. The standard InChI is InChI=1S/2C13H16F3NO3.2C13H19NO3.C12H16ClNO3.C12H15F2NO3.C12H16FNO3/c1-8-4-5-9(10(6-8)13(14,15)16)11(18)17-20-7-12(2,3)19;1-8-4-5-9(10(6-8)13(14,15)16)11(19)17-20-12(2,3)7-18;1-9-5-6-11(10(2)7-9)12(15)14-17-8-13(3,4)16;1-9-5-6-11(10(2)7-9)12(16)14-17-13(3,4)8-15;1-8-4-5-9(10(13)6-8)11(16)14-17-12(2,3)7-15;1-7-4-8(13)10(9(14)5-7)11(17)15-18-12(2,3)6-16;1-8-4-5-9(10(13)6-8)11(16)14-17-12(2,3)7-15/h4-6,19H,7H2,1-3H3,(H,17,18);4-6,18H,7H2,1-3H3,(H,17,19);5-7,16H,8H2,1-4H3,(H,14,15);5-7,15H,8H2,1-4H3,(H,14,16);4-6,15H,7H2,1-3H3,(H,14,16);4-5,16H,6H2,1-3H3,(H,15,17);4-6,15H,7H2,1-3H3,(H,14,16). The summed E-state index contributed by atoms with van der Waals surface area (Å²) in [5.74, 6) is -7.30. The van der Waals surface area contributed by atoms with Crippen molar-refractivity contribution in [2.24, 2.45) is 0 Å². The van der Waals surface area contributed by atoms with Gasteiger partial charge in [-0.2, -0.15) is 26.3 Å². The molecule has 7 amide bonds. The van der Waals surface area contributed by atoms with Gasteiger partial charge in [0.25, 0.3) is 41.4 Å². The normalized spacial score (nSPS) is 11.7.